The number of para-hydroxylation sites is 1. The number of esters is 1. The molecule has 2 amide bonds. The van der Waals surface area contributed by atoms with E-state index in [1.54, 1.807) is 11.8 Å². The van der Waals surface area contributed by atoms with Crippen molar-refractivity contribution in [1.29, 1.82) is 0 Å². The lowest BCUT2D eigenvalue weighted by molar-refractivity contribution is 0.0517. The molecule has 0 spiro atoms. The normalized spacial score (nSPS) is 13.3. The van der Waals surface area contributed by atoms with Crippen LogP contribution in [0.1, 0.15) is 28.7 Å². The van der Waals surface area contributed by atoms with Crippen molar-refractivity contribution < 1.29 is 14.3 Å². The number of ether oxygens (including phenoxy) is 1. The molecule has 2 heterocycles. The number of carbonyl (C=O) groups is 2. The van der Waals surface area contributed by atoms with E-state index >= 15 is 0 Å². The lowest BCUT2D eigenvalue weighted by Crippen LogP contribution is -2.39. The van der Waals surface area contributed by atoms with Crippen molar-refractivity contribution >= 4 is 17.7 Å². The Balaban J connectivity index is 1.73. The zero-order valence-electron chi connectivity index (χ0n) is 12.8. The number of H-pyrrole nitrogens is 1. The first kappa shape index (κ1) is 15.1. The molecular formula is C16H18N4O3. The summed E-state index contributed by atoms with van der Waals surface area (Å²) in [6, 6.07) is 9.07. The highest BCUT2D eigenvalue weighted by Crippen LogP contribution is 2.21. The minimum absolute atomic E-state index is 0.196. The first-order chi connectivity index (χ1) is 11.2. The molecule has 0 unspecified atom stereocenters. The van der Waals surface area contributed by atoms with Crippen molar-refractivity contribution in [3.8, 4) is 0 Å². The van der Waals surface area contributed by atoms with Crippen molar-refractivity contribution in [2.24, 2.45) is 0 Å². The van der Waals surface area contributed by atoms with E-state index in [2.05, 4.69) is 15.5 Å². The van der Waals surface area contributed by atoms with Gasteiger partial charge >= 0.3 is 12.0 Å². The van der Waals surface area contributed by atoms with E-state index in [9.17, 15) is 9.59 Å². The van der Waals surface area contributed by atoms with Crippen molar-refractivity contribution in [3.63, 3.8) is 0 Å². The Kier molecular flexibility index (Phi) is 4.27. The fourth-order valence-corrected chi connectivity index (χ4v) is 2.56. The fraction of sp³-hybridized carbons (Fsp3) is 0.312. The quantitative estimate of drug-likeness (QED) is 0.850. The predicted octanol–water partition coefficient (Wildman–Crippen LogP) is 2.18. The Hall–Kier alpha value is -2.83. The number of carbonyl (C=O) groups excluding carboxylic acids is 2. The van der Waals surface area contributed by atoms with Gasteiger partial charge in [0.25, 0.3) is 0 Å². The number of nitrogens with one attached hydrogen (secondary N) is 2. The SMILES string of the molecule is CCOC(=O)c1n[nH]c2c1CN(C(=O)Nc1ccccc1)CC2. The molecule has 0 saturated heterocycles. The second-order valence-electron chi connectivity index (χ2n) is 5.22. The average molecular weight is 314 g/mol. The van der Waals surface area contributed by atoms with Gasteiger partial charge in [-0.2, -0.15) is 5.10 Å². The minimum Gasteiger partial charge on any atom is -0.461 e. The van der Waals surface area contributed by atoms with Crippen LogP contribution in [-0.2, 0) is 17.7 Å². The van der Waals surface area contributed by atoms with Gasteiger partial charge in [0.05, 0.1) is 13.2 Å². The Bertz CT molecular complexity index is 711. The first-order valence-corrected chi connectivity index (χ1v) is 7.53. The van der Waals surface area contributed by atoms with Crippen molar-refractivity contribution in [1.82, 2.24) is 15.1 Å². The number of nitrogens with zero attached hydrogens (tertiary/aromatic N) is 2. The monoisotopic (exact) mass is 314 g/mol. The fourth-order valence-electron chi connectivity index (χ4n) is 2.56. The molecule has 1 aliphatic rings. The standard InChI is InChI=1S/C16H18N4O3/c1-2-23-15(21)14-12-10-20(9-8-13(12)18-19-14)16(22)17-11-6-4-3-5-7-11/h3-7H,2,8-10H2,1H3,(H,17,22)(H,18,19). The lowest BCUT2D eigenvalue weighted by atomic mass is 10.1. The highest BCUT2D eigenvalue weighted by Gasteiger charge is 2.28. The van der Waals surface area contributed by atoms with E-state index in [1.807, 2.05) is 30.3 Å². The highest BCUT2D eigenvalue weighted by atomic mass is 16.5. The van der Waals surface area contributed by atoms with Crippen molar-refractivity contribution in [2.45, 2.75) is 19.9 Å². The number of hydrogen-bond acceptors (Lipinski definition) is 4. The van der Waals surface area contributed by atoms with Gasteiger partial charge < -0.3 is 15.0 Å². The molecule has 0 fully saturated rings. The van der Waals surface area contributed by atoms with Gasteiger partial charge in [-0.05, 0) is 19.1 Å². The summed E-state index contributed by atoms with van der Waals surface area (Å²) in [4.78, 5) is 26.0. The number of aromatic amines is 1. The molecule has 2 aromatic rings. The smallest absolute Gasteiger partial charge is 0.359 e. The summed E-state index contributed by atoms with van der Waals surface area (Å²) in [6.45, 7) is 2.93. The molecule has 7 heteroatoms. The number of amides is 2. The van der Waals surface area contributed by atoms with Crippen LogP contribution in [0.4, 0.5) is 10.5 Å². The second kappa shape index (κ2) is 6.51. The van der Waals surface area contributed by atoms with Gasteiger partial charge in [-0.3, -0.25) is 5.10 Å². The van der Waals surface area contributed by atoms with E-state index in [0.29, 0.717) is 26.1 Å². The first-order valence-electron chi connectivity index (χ1n) is 7.53. The number of hydrogen-bond donors (Lipinski definition) is 2. The van der Waals surface area contributed by atoms with Crippen LogP contribution in [0.15, 0.2) is 30.3 Å². The molecule has 0 radical (unpaired) electrons. The van der Waals surface area contributed by atoms with Gasteiger partial charge in [0.1, 0.15) is 0 Å². The maximum absolute atomic E-state index is 12.4. The van der Waals surface area contributed by atoms with Crippen molar-refractivity contribution in [3.05, 3.63) is 47.3 Å². The van der Waals surface area contributed by atoms with E-state index in [4.69, 9.17) is 4.74 Å². The van der Waals surface area contributed by atoms with E-state index in [1.165, 1.54) is 0 Å². The summed E-state index contributed by atoms with van der Waals surface area (Å²) >= 11 is 0. The topological polar surface area (TPSA) is 87.3 Å². The van der Waals surface area contributed by atoms with Gasteiger partial charge in [-0.1, -0.05) is 18.2 Å². The number of benzene rings is 1. The molecule has 1 aromatic carbocycles. The molecule has 0 atom stereocenters. The van der Waals surface area contributed by atoms with Crippen LogP contribution in [0, 0.1) is 0 Å². The Morgan fingerprint density at radius 1 is 1.35 bits per heavy atom. The predicted molar refractivity (Wildman–Crippen MR) is 84.1 cm³/mol. The zero-order valence-corrected chi connectivity index (χ0v) is 12.8. The van der Waals surface area contributed by atoms with Crippen LogP contribution in [0.5, 0.6) is 0 Å². The Morgan fingerprint density at radius 3 is 2.87 bits per heavy atom. The number of anilines is 1. The van der Waals surface area contributed by atoms with Gasteiger partial charge in [-0.25, -0.2) is 9.59 Å². The van der Waals surface area contributed by atoms with Gasteiger partial charge in [0.15, 0.2) is 5.69 Å². The molecule has 1 aliphatic heterocycles. The molecule has 0 saturated carbocycles. The van der Waals surface area contributed by atoms with Crippen LogP contribution in [0.2, 0.25) is 0 Å². The number of rotatable bonds is 3. The van der Waals surface area contributed by atoms with E-state index in [0.717, 1.165) is 16.9 Å². The number of fused-ring (bicyclic) bond motifs is 1. The summed E-state index contributed by atoms with van der Waals surface area (Å²) in [7, 11) is 0. The molecule has 2 N–H and O–H groups in total. The third-order valence-corrected chi connectivity index (χ3v) is 3.71. The summed E-state index contributed by atoms with van der Waals surface area (Å²) in [5.41, 5.74) is 2.62. The summed E-state index contributed by atoms with van der Waals surface area (Å²) in [6.07, 6.45) is 0.629. The van der Waals surface area contributed by atoms with Gasteiger partial charge in [0.2, 0.25) is 0 Å². The van der Waals surface area contributed by atoms with E-state index in [-0.39, 0.29) is 11.7 Å². The molecule has 0 bridgehead atoms. The summed E-state index contributed by atoms with van der Waals surface area (Å²) in [5, 5.41) is 9.75. The van der Waals surface area contributed by atoms with Crippen LogP contribution >= 0.6 is 0 Å². The molecule has 120 valence electrons. The van der Waals surface area contributed by atoms with Crippen molar-refractivity contribution in [2.75, 3.05) is 18.5 Å². The maximum Gasteiger partial charge on any atom is 0.359 e. The van der Waals surface area contributed by atoms with Crippen LogP contribution in [-0.4, -0.2) is 40.2 Å². The van der Waals surface area contributed by atoms with Crippen LogP contribution in [0.25, 0.3) is 0 Å². The van der Waals surface area contributed by atoms with Gasteiger partial charge in [0, 0.05) is 29.9 Å². The maximum atomic E-state index is 12.4. The Morgan fingerprint density at radius 2 is 2.13 bits per heavy atom. The summed E-state index contributed by atoms with van der Waals surface area (Å²) < 4.78 is 5.00. The molecule has 7 nitrogen and oxygen atoms in total. The lowest BCUT2D eigenvalue weighted by Gasteiger charge is -2.27. The van der Waals surface area contributed by atoms with E-state index < -0.39 is 5.97 Å². The largest absolute Gasteiger partial charge is 0.461 e. The average Bonchev–Trinajstić information content (AvgIpc) is 2.99. The molecular weight excluding hydrogens is 296 g/mol. The molecule has 3 rings (SSSR count). The second-order valence-corrected chi connectivity index (χ2v) is 5.22. The highest BCUT2D eigenvalue weighted by molar-refractivity contribution is 5.91. The minimum atomic E-state index is -0.463. The number of aromatic nitrogens is 2. The number of urea groups is 1. The molecule has 0 aliphatic carbocycles. The molecule has 23 heavy (non-hydrogen) atoms. The van der Waals surface area contributed by atoms with Crippen LogP contribution < -0.4 is 5.32 Å². The van der Waals surface area contributed by atoms with Gasteiger partial charge in [-0.15, -0.1) is 0 Å². The third kappa shape index (κ3) is 3.18. The van der Waals surface area contributed by atoms with Crippen LogP contribution in [0.3, 0.4) is 0 Å². The zero-order chi connectivity index (χ0) is 16.2. The molecule has 1 aromatic heterocycles. The third-order valence-electron chi connectivity index (χ3n) is 3.71. The summed E-state index contributed by atoms with van der Waals surface area (Å²) in [5.74, 6) is -0.463. The Labute approximate surface area is 133 Å².